The summed E-state index contributed by atoms with van der Waals surface area (Å²) >= 11 is 9.31. The first-order valence-electron chi connectivity index (χ1n) is 6.43. The van der Waals surface area contributed by atoms with E-state index < -0.39 is 0 Å². The Bertz CT molecular complexity index is 481. The second-order valence-electron chi connectivity index (χ2n) is 4.64. The van der Waals surface area contributed by atoms with Gasteiger partial charge >= 0.3 is 0 Å². The fraction of sp³-hybridized carbons (Fsp3) is 0.500. The zero-order chi connectivity index (χ0) is 13.7. The normalized spacial score (nSPS) is 13.1. The van der Waals surface area contributed by atoms with Gasteiger partial charge in [-0.15, -0.1) is 34.3 Å². The van der Waals surface area contributed by atoms with Gasteiger partial charge in [-0.1, -0.05) is 6.07 Å². The highest BCUT2D eigenvalue weighted by molar-refractivity contribution is 7.10. The number of nitrogens with zero attached hydrogens (tertiary/aromatic N) is 2. The number of hydrogen-bond acceptors (Lipinski definition) is 4. The molecule has 0 aliphatic heterocycles. The zero-order valence-electron chi connectivity index (χ0n) is 11.3. The van der Waals surface area contributed by atoms with Gasteiger partial charge in [0.15, 0.2) is 0 Å². The average molecular weight is 315 g/mol. The number of thiophene rings is 1. The second-order valence-corrected chi connectivity index (χ2v) is 6.83. The Kier molecular flexibility index (Phi) is 5.82. The minimum atomic E-state index is 0.495. The number of thiazole rings is 1. The van der Waals surface area contributed by atoms with E-state index in [1.54, 1.807) is 11.3 Å². The van der Waals surface area contributed by atoms with Gasteiger partial charge in [-0.25, -0.2) is 4.98 Å². The standard InChI is InChI=1S/C14H19ClN2S2/c1-11(13-5-4-8-18-13)17(2)7-3-6-14-16-12(9-15)10-19-14/h4-5,8,10-11H,3,6-7,9H2,1-2H3. The first kappa shape index (κ1) is 15.0. The van der Waals surface area contributed by atoms with E-state index >= 15 is 0 Å². The molecule has 0 aliphatic carbocycles. The summed E-state index contributed by atoms with van der Waals surface area (Å²) in [5.74, 6) is 0.520. The summed E-state index contributed by atoms with van der Waals surface area (Å²) in [6.45, 7) is 3.36. The number of aromatic nitrogens is 1. The molecule has 0 saturated heterocycles. The largest absolute Gasteiger partial charge is 0.299 e. The van der Waals surface area contributed by atoms with Gasteiger partial charge in [-0.05, 0) is 38.4 Å². The van der Waals surface area contributed by atoms with Crippen molar-refractivity contribution in [2.45, 2.75) is 31.7 Å². The van der Waals surface area contributed by atoms with Gasteiger partial charge in [0, 0.05) is 22.7 Å². The Hall–Kier alpha value is -0.420. The highest BCUT2D eigenvalue weighted by Gasteiger charge is 2.12. The molecule has 0 amide bonds. The summed E-state index contributed by atoms with van der Waals surface area (Å²) in [5, 5.41) is 5.40. The summed E-state index contributed by atoms with van der Waals surface area (Å²) in [4.78, 5) is 8.33. The molecular formula is C14H19ClN2S2. The maximum Gasteiger partial charge on any atom is 0.0929 e. The van der Waals surface area contributed by atoms with E-state index in [9.17, 15) is 0 Å². The van der Waals surface area contributed by atoms with Crippen molar-refractivity contribution in [3.63, 3.8) is 0 Å². The predicted molar refractivity (Wildman–Crippen MR) is 85.4 cm³/mol. The molecular weight excluding hydrogens is 296 g/mol. The Morgan fingerprint density at radius 1 is 1.42 bits per heavy atom. The van der Waals surface area contributed by atoms with Crippen molar-refractivity contribution in [2.75, 3.05) is 13.6 Å². The molecule has 0 radical (unpaired) electrons. The molecule has 2 heterocycles. The van der Waals surface area contributed by atoms with Crippen molar-refractivity contribution < 1.29 is 0 Å². The third-order valence-corrected chi connectivity index (χ3v) is 5.53. The molecule has 0 aliphatic rings. The van der Waals surface area contributed by atoms with E-state index in [1.807, 2.05) is 11.3 Å². The Morgan fingerprint density at radius 2 is 2.26 bits per heavy atom. The number of rotatable bonds is 7. The molecule has 2 rings (SSSR count). The molecule has 0 fully saturated rings. The minimum absolute atomic E-state index is 0.495. The third kappa shape index (κ3) is 4.28. The first-order chi connectivity index (χ1) is 9.20. The van der Waals surface area contributed by atoms with Crippen LogP contribution in [0, 0.1) is 0 Å². The maximum absolute atomic E-state index is 5.76. The number of alkyl halides is 1. The van der Waals surface area contributed by atoms with Crippen molar-refractivity contribution in [2.24, 2.45) is 0 Å². The van der Waals surface area contributed by atoms with Gasteiger partial charge in [0.1, 0.15) is 0 Å². The summed E-state index contributed by atoms with van der Waals surface area (Å²) in [6.07, 6.45) is 2.19. The lowest BCUT2D eigenvalue weighted by Gasteiger charge is -2.23. The summed E-state index contributed by atoms with van der Waals surface area (Å²) in [6, 6.07) is 4.82. The van der Waals surface area contributed by atoms with Crippen LogP contribution >= 0.6 is 34.3 Å². The first-order valence-corrected chi connectivity index (χ1v) is 8.73. The highest BCUT2D eigenvalue weighted by atomic mass is 35.5. The Balaban J connectivity index is 1.76. The SMILES string of the molecule is CC(c1cccs1)N(C)CCCc1nc(CCl)cs1. The van der Waals surface area contributed by atoms with Crippen LogP contribution in [0.3, 0.4) is 0 Å². The molecule has 1 atom stereocenters. The molecule has 0 spiro atoms. The van der Waals surface area contributed by atoms with Crippen molar-refractivity contribution in [3.8, 4) is 0 Å². The molecule has 2 nitrogen and oxygen atoms in total. The molecule has 0 saturated carbocycles. The minimum Gasteiger partial charge on any atom is -0.299 e. The van der Waals surface area contributed by atoms with Crippen molar-refractivity contribution in [1.29, 1.82) is 0 Å². The van der Waals surface area contributed by atoms with Crippen LogP contribution < -0.4 is 0 Å². The molecule has 104 valence electrons. The van der Waals surface area contributed by atoms with Gasteiger partial charge in [0.2, 0.25) is 0 Å². The molecule has 5 heteroatoms. The van der Waals surface area contributed by atoms with E-state index in [2.05, 4.69) is 46.7 Å². The molecule has 0 bridgehead atoms. The van der Waals surface area contributed by atoms with E-state index in [1.165, 1.54) is 9.88 Å². The lowest BCUT2D eigenvalue weighted by Crippen LogP contribution is -2.23. The quantitative estimate of drug-likeness (QED) is 0.696. The van der Waals surface area contributed by atoms with Crippen LogP contribution in [0.15, 0.2) is 22.9 Å². The van der Waals surface area contributed by atoms with Crippen LogP contribution in [-0.2, 0) is 12.3 Å². The van der Waals surface area contributed by atoms with Gasteiger partial charge in [0.25, 0.3) is 0 Å². The monoisotopic (exact) mass is 314 g/mol. The number of aryl methyl sites for hydroxylation is 1. The average Bonchev–Trinajstić information content (AvgIpc) is 3.08. The molecule has 2 aromatic rings. The van der Waals surface area contributed by atoms with E-state index in [0.717, 1.165) is 25.1 Å². The highest BCUT2D eigenvalue weighted by Crippen LogP contribution is 2.23. The molecule has 0 aromatic carbocycles. The van der Waals surface area contributed by atoms with Crippen molar-refractivity contribution >= 4 is 34.3 Å². The van der Waals surface area contributed by atoms with Gasteiger partial charge in [-0.2, -0.15) is 0 Å². The molecule has 0 N–H and O–H groups in total. The van der Waals surface area contributed by atoms with Crippen molar-refractivity contribution in [1.82, 2.24) is 9.88 Å². The smallest absolute Gasteiger partial charge is 0.0929 e. The Labute approximate surface area is 128 Å². The third-order valence-electron chi connectivity index (χ3n) is 3.25. The summed E-state index contributed by atoms with van der Waals surface area (Å²) < 4.78 is 0. The van der Waals surface area contributed by atoms with E-state index in [-0.39, 0.29) is 0 Å². The van der Waals surface area contributed by atoms with Crippen LogP contribution in [0.25, 0.3) is 0 Å². The van der Waals surface area contributed by atoms with Crippen LogP contribution in [0.1, 0.15) is 35.0 Å². The lowest BCUT2D eigenvalue weighted by molar-refractivity contribution is 0.262. The fourth-order valence-electron chi connectivity index (χ4n) is 1.94. The van der Waals surface area contributed by atoms with Gasteiger partial charge < -0.3 is 0 Å². The molecule has 19 heavy (non-hydrogen) atoms. The van der Waals surface area contributed by atoms with Gasteiger partial charge in [-0.3, -0.25) is 4.90 Å². The second kappa shape index (κ2) is 7.39. The van der Waals surface area contributed by atoms with Gasteiger partial charge in [0.05, 0.1) is 16.6 Å². The van der Waals surface area contributed by atoms with Crippen molar-refractivity contribution in [3.05, 3.63) is 38.5 Å². The molecule has 1 unspecified atom stereocenters. The number of halogens is 1. The van der Waals surface area contributed by atoms with E-state index in [4.69, 9.17) is 11.6 Å². The summed E-state index contributed by atoms with van der Waals surface area (Å²) in [5.41, 5.74) is 1.00. The summed E-state index contributed by atoms with van der Waals surface area (Å²) in [7, 11) is 2.19. The van der Waals surface area contributed by atoms with Crippen LogP contribution in [0.2, 0.25) is 0 Å². The van der Waals surface area contributed by atoms with E-state index in [0.29, 0.717) is 11.9 Å². The van der Waals surface area contributed by atoms with Crippen LogP contribution in [0.4, 0.5) is 0 Å². The lowest BCUT2D eigenvalue weighted by atomic mass is 10.2. The molecule has 2 aromatic heterocycles. The topological polar surface area (TPSA) is 16.1 Å². The predicted octanol–water partition coefficient (Wildman–Crippen LogP) is 4.57. The van der Waals surface area contributed by atoms with Crippen LogP contribution in [-0.4, -0.2) is 23.5 Å². The zero-order valence-corrected chi connectivity index (χ0v) is 13.7. The fourth-order valence-corrected chi connectivity index (χ4v) is 3.86. The Morgan fingerprint density at radius 3 is 2.89 bits per heavy atom. The maximum atomic E-state index is 5.76. The van der Waals surface area contributed by atoms with Crippen LogP contribution in [0.5, 0.6) is 0 Å². The number of hydrogen-bond donors (Lipinski definition) is 0.